The summed E-state index contributed by atoms with van der Waals surface area (Å²) in [5.74, 6) is -0.321. The fourth-order valence-corrected chi connectivity index (χ4v) is 2.89. The number of aryl methyl sites for hydroxylation is 1. The quantitative estimate of drug-likeness (QED) is 0.800. The maximum Gasteiger partial charge on any atom is 0.254 e. The van der Waals surface area contributed by atoms with Crippen molar-refractivity contribution in [2.75, 3.05) is 19.7 Å². The minimum atomic E-state index is -0.264. The number of hydrogen-bond donors (Lipinski definition) is 2. The Morgan fingerprint density at radius 1 is 1.42 bits per heavy atom. The van der Waals surface area contributed by atoms with Gasteiger partial charge in [0.1, 0.15) is 0 Å². The number of amides is 2. The molecule has 1 aliphatic heterocycles. The third-order valence-electron chi connectivity index (χ3n) is 4.08. The predicted molar refractivity (Wildman–Crippen MR) is 87.5 cm³/mol. The van der Waals surface area contributed by atoms with Gasteiger partial charge in [-0.25, -0.2) is 4.98 Å². The molecule has 2 N–H and O–H groups in total. The van der Waals surface area contributed by atoms with Crippen LogP contribution in [0, 0.1) is 0 Å². The lowest BCUT2D eigenvalue weighted by Gasteiger charge is -2.14. The maximum atomic E-state index is 12.5. The van der Waals surface area contributed by atoms with E-state index in [1.807, 2.05) is 17.8 Å². The molecule has 3 rings (SSSR count). The third kappa shape index (κ3) is 3.16. The number of aromatic nitrogens is 2. The molecule has 1 aromatic carbocycles. The van der Waals surface area contributed by atoms with Crippen LogP contribution in [0.1, 0.15) is 32.0 Å². The zero-order valence-corrected chi connectivity index (χ0v) is 13.5. The molecule has 0 radical (unpaired) electrons. The standard InChI is InChI=1S/C17H20N4O3/c1-20-9-12(19-11-20)5-7-21-10-15-13(16(23)18-6-8-22)3-2-4-14(15)17(21)24/h2-4,9,11,22H,5-8,10H2,1H3,(H,18,23). The molecule has 0 aliphatic carbocycles. The molecule has 2 amide bonds. The van der Waals surface area contributed by atoms with Crippen molar-refractivity contribution in [3.63, 3.8) is 0 Å². The van der Waals surface area contributed by atoms with E-state index in [-0.39, 0.29) is 25.0 Å². The summed E-state index contributed by atoms with van der Waals surface area (Å²) in [7, 11) is 1.91. The van der Waals surface area contributed by atoms with Crippen LogP contribution in [0.4, 0.5) is 0 Å². The monoisotopic (exact) mass is 328 g/mol. The van der Waals surface area contributed by atoms with E-state index in [1.54, 1.807) is 29.4 Å². The number of carbonyl (C=O) groups is 2. The van der Waals surface area contributed by atoms with E-state index >= 15 is 0 Å². The molecular formula is C17H20N4O3. The van der Waals surface area contributed by atoms with Gasteiger partial charge in [0.05, 0.1) is 18.6 Å². The largest absolute Gasteiger partial charge is 0.395 e. The Kier molecular flexibility index (Phi) is 4.61. The van der Waals surface area contributed by atoms with Crippen molar-refractivity contribution in [2.24, 2.45) is 7.05 Å². The predicted octanol–water partition coefficient (Wildman–Crippen LogP) is 0.341. The molecule has 0 saturated carbocycles. The number of aliphatic hydroxyl groups excluding tert-OH is 1. The second kappa shape index (κ2) is 6.84. The summed E-state index contributed by atoms with van der Waals surface area (Å²) in [6, 6.07) is 5.18. The van der Waals surface area contributed by atoms with Crippen LogP contribution in [-0.4, -0.2) is 51.1 Å². The van der Waals surface area contributed by atoms with Crippen molar-refractivity contribution in [1.29, 1.82) is 0 Å². The first-order chi connectivity index (χ1) is 11.6. The molecule has 24 heavy (non-hydrogen) atoms. The highest BCUT2D eigenvalue weighted by molar-refractivity contribution is 6.04. The summed E-state index contributed by atoms with van der Waals surface area (Å²) in [6.45, 7) is 1.06. The van der Waals surface area contributed by atoms with Gasteiger partial charge in [-0.2, -0.15) is 0 Å². The smallest absolute Gasteiger partial charge is 0.254 e. The van der Waals surface area contributed by atoms with E-state index in [4.69, 9.17) is 5.11 Å². The van der Waals surface area contributed by atoms with Gasteiger partial charge < -0.3 is 19.9 Å². The molecule has 0 atom stereocenters. The molecule has 2 aromatic rings. The molecule has 2 heterocycles. The van der Waals surface area contributed by atoms with Gasteiger partial charge in [0.15, 0.2) is 0 Å². The van der Waals surface area contributed by atoms with Crippen molar-refractivity contribution >= 4 is 11.8 Å². The van der Waals surface area contributed by atoms with Gasteiger partial charge in [0, 0.05) is 50.4 Å². The van der Waals surface area contributed by atoms with Gasteiger partial charge in [0.25, 0.3) is 11.8 Å². The molecule has 0 unspecified atom stereocenters. The molecule has 0 fully saturated rings. The summed E-state index contributed by atoms with van der Waals surface area (Å²) < 4.78 is 1.87. The fraction of sp³-hybridized carbons (Fsp3) is 0.353. The first-order valence-electron chi connectivity index (χ1n) is 7.87. The second-order valence-electron chi connectivity index (χ2n) is 5.82. The van der Waals surface area contributed by atoms with Crippen LogP contribution in [0.2, 0.25) is 0 Å². The highest BCUT2D eigenvalue weighted by Crippen LogP contribution is 2.26. The summed E-state index contributed by atoms with van der Waals surface area (Å²) in [4.78, 5) is 30.7. The number of rotatable bonds is 6. The van der Waals surface area contributed by atoms with Crippen LogP contribution < -0.4 is 5.32 Å². The lowest BCUT2D eigenvalue weighted by atomic mass is 10.0. The normalized spacial score (nSPS) is 13.2. The molecular weight excluding hydrogens is 308 g/mol. The van der Waals surface area contributed by atoms with E-state index in [9.17, 15) is 9.59 Å². The highest BCUT2D eigenvalue weighted by Gasteiger charge is 2.30. The van der Waals surface area contributed by atoms with E-state index in [2.05, 4.69) is 10.3 Å². The Labute approximate surface area is 139 Å². The molecule has 0 bridgehead atoms. The van der Waals surface area contributed by atoms with Crippen LogP contribution in [0.25, 0.3) is 0 Å². The lowest BCUT2D eigenvalue weighted by molar-refractivity contribution is 0.0778. The van der Waals surface area contributed by atoms with Crippen LogP contribution >= 0.6 is 0 Å². The fourth-order valence-electron chi connectivity index (χ4n) is 2.89. The minimum absolute atomic E-state index is 0.0576. The van der Waals surface area contributed by atoms with E-state index in [0.29, 0.717) is 30.6 Å². The summed E-state index contributed by atoms with van der Waals surface area (Å²) in [5.41, 5.74) is 2.75. The lowest BCUT2D eigenvalue weighted by Crippen LogP contribution is -2.28. The number of aliphatic hydroxyl groups is 1. The molecule has 7 nitrogen and oxygen atoms in total. The number of hydrogen-bond acceptors (Lipinski definition) is 4. The second-order valence-corrected chi connectivity index (χ2v) is 5.82. The van der Waals surface area contributed by atoms with Crippen molar-refractivity contribution < 1.29 is 14.7 Å². The number of fused-ring (bicyclic) bond motifs is 1. The van der Waals surface area contributed by atoms with Crippen molar-refractivity contribution in [1.82, 2.24) is 19.8 Å². The zero-order valence-electron chi connectivity index (χ0n) is 13.5. The SMILES string of the molecule is Cn1cnc(CCN2Cc3c(C(=O)NCCO)cccc3C2=O)c1. The van der Waals surface area contributed by atoms with Crippen LogP contribution in [0.3, 0.4) is 0 Å². The Balaban J connectivity index is 1.73. The van der Waals surface area contributed by atoms with Gasteiger partial charge in [-0.3, -0.25) is 9.59 Å². The first kappa shape index (κ1) is 16.2. The highest BCUT2D eigenvalue weighted by atomic mass is 16.3. The van der Waals surface area contributed by atoms with E-state index in [0.717, 1.165) is 11.3 Å². The third-order valence-corrected chi connectivity index (χ3v) is 4.08. The maximum absolute atomic E-state index is 12.5. The minimum Gasteiger partial charge on any atom is -0.395 e. The topological polar surface area (TPSA) is 87.5 Å². The van der Waals surface area contributed by atoms with Gasteiger partial charge in [0.2, 0.25) is 0 Å². The van der Waals surface area contributed by atoms with Crippen molar-refractivity contribution in [3.8, 4) is 0 Å². The van der Waals surface area contributed by atoms with Gasteiger partial charge in [-0.15, -0.1) is 0 Å². The van der Waals surface area contributed by atoms with Crippen LogP contribution in [0.15, 0.2) is 30.7 Å². The Morgan fingerprint density at radius 2 is 2.25 bits per heavy atom. The number of imidazole rings is 1. The summed E-state index contributed by atoms with van der Waals surface area (Å²) >= 11 is 0. The van der Waals surface area contributed by atoms with Crippen LogP contribution in [-0.2, 0) is 20.0 Å². The number of carbonyl (C=O) groups excluding carboxylic acids is 2. The Bertz CT molecular complexity index is 769. The summed E-state index contributed by atoms with van der Waals surface area (Å²) in [6.07, 6.45) is 4.34. The zero-order chi connectivity index (χ0) is 17.1. The number of nitrogens with zero attached hydrogens (tertiary/aromatic N) is 3. The number of benzene rings is 1. The molecule has 1 aliphatic rings. The van der Waals surface area contributed by atoms with Crippen LogP contribution in [0.5, 0.6) is 0 Å². The van der Waals surface area contributed by atoms with Gasteiger partial charge >= 0.3 is 0 Å². The Hall–Kier alpha value is -2.67. The molecule has 0 spiro atoms. The average molecular weight is 328 g/mol. The molecule has 7 heteroatoms. The van der Waals surface area contributed by atoms with Crippen molar-refractivity contribution in [3.05, 3.63) is 53.1 Å². The first-order valence-corrected chi connectivity index (χ1v) is 7.87. The Morgan fingerprint density at radius 3 is 2.96 bits per heavy atom. The average Bonchev–Trinajstić information content (AvgIpc) is 3.14. The van der Waals surface area contributed by atoms with E-state index < -0.39 is 0 Å². The summed E-state index contributed by atoms with van der Waals surface area (Å²) in [5, 5.41) is 11.5. The van der Waals surface area contributed by atoms with E-state index in [1.165, 1.54) is 0 Å². The van der Waals surface area contributed by atoms with Crippen molar-refractivity contribution in [2.45, 2.75) is 13.0 Å². The molecule has 126 valence electrons. The number of nitrogens with one attached hydrogen (secondary N) is 1. The van der Waals surface area contributed by atoms with Gasteiger partial charge in [-0.05, 0) is 17.7 Å². The van der Waals surface area contributed by atoms with Gasteiger partial charge in [-0.1, -0.05) is 6.07 Å². The molecule has 0 saturated heterocycles. The molecule has 1 aromatic heterocycles.